The van der Waals surface area contributed by atoms with Gasteiger partial charge in [-0.2, -0.15) is 5.10 Å². The van der Waals surface area contributed by atoms with Gasteiger partial charge < -0.3 is 5.32 Å². The van der Waals surface area contributed by atoms with Crippen molar-refractivity contribution in [3.8, 4) is 0 Å². The van der Waals surface area contributed by atoms with Crippen LogP contribution in [-0.2, 0) is 13.6 Å². The molecule has 0 fully saturated rings. The summed E-state index contributed by atoms with van der Waals surface area (Å²) in [5.41, 5.74) is 6.04. The summed E-state index contributed by atoms with van der Waals surface area (Å²) >= 11 is 0. The van der Waals surface area contributed by atoms with Crippen molar-refractivity contribution in [3.05, 3.63) is 46.8 Å². The van der Waals surface area contributed by atoms with E-state index in [4.69, 9.17) is 0 Å². The van der Waals surface area contributed by atoms with Gasteiger partial charge in [-0.05, 0) is 32.9 Å². The Morgan fingerprint density at radius 3 is 2.29 bits per heavy atom. The van der Waals surface area contributed by atoms with E-state index in [0.717, 1.165) is 17.9 Å². The zero-order valence-corrected chi connectivity index (χ0v) is 10.9. The lowest BCUT2D eigenvalue weighted by Crippen LogP contribution is -2.02. The lowest BCUT2D eigenvalue weighted by atomic mass is 10.2. The number of nitrogens with zero attached hydrogens (tertiary/aromatic N) is 2. The first-order valence-corrected chi connectivity index (χ1v) is 5.87. The topological polar surface area (TPSA) is 29.9 Å². The van der Waals surface area contributed by atoms with Crippen LogP contribution in [0.15, 0.2) is 24.3 Å². The molecule has 1 N–H and O–H groups in total. The van der Waals surface area contributed by atoms with Crippen LogP contribution in [0.3, 0.4) is 0 Å². The first-order chi connectivity index (χ1) is 8.08. The molecule has 0 aliphatic heterocycles. The first-order valence-electron chi connectivity index (χ1n) is 5.87. The van der Waals surface area contributed by atoms with Gasteiger partial charge >= 0.3 is 0 Å². The van der Waals surface area contributed by atoms with Crippen LogP contribution in [0.4, 0.5) is 5.69 Å². The molecule has 1 heterocycles. The normalized spacial score (nSPS) is 10.6. The Kier molecular flexibility index (Phi) is 3.18. The van der Waals surface area contributed by atoms with Crippen molar-refractivity contribution in [1.82, 2.24) is 9.78 Å². The molecule has 0 spiro atoms. The molecule has 0 aliphatic carbocycles. The standard InChI is InChI=1S/C14H19N3/c1-10-5-7-13(8-6-10)15-9-14-11(2)16-17(4)12(14)3/h5-8,15H,9H2,1-4H3. The van der Waals surface area contributed by atoms with Crippen molar-refractivity contribution < 1.29 is 0 Å². The van der Waals surface area contributed by atoms with Crippen LogP contribution >= 0.6 is 0 Å². The van der Waals surface area contributed by atoms with Gasteiger partial charge in [-0.15, -0.1) is 0 Å². The first kappa shape index (κ1) is 11.7. The van der Waals surface area contributed by atoms with Crippen molar-refractivity contribution in [2.45, 2.75) is 27.3 Å². The lowest BCUT2D eigenvalue weighted by molar-refractivity contribution is 0.730. The minimum absolute atomic E-state index is 0.828. The van der Waals surface area contributed by atoms with Crippen LogP contribution in [0.5, 0.6) is 0 Å². The van der Waals surface area contributed by atoms with Gasteiger partial charge in [0, 0.05) is 30.5 Å². The minimum atomic E-state index is 0.828. The third kappa shape index (κ3) is 2.49. The molecule has 2 aromatic rings. The van der Waals surface area contributed by atoms with Crippen molar-refractivity contribution in [2.75, 3.05) is 5.32 Å². The number of nitrogens with one attached hydrogen (secondary N) is 1. The van der Waals surface area contributed by atoms with Crippen LogP contribution in [0.2, 0.25) is 0 Å². The van der Waals surface area contributed by atoms with Crippen LogP contribution < -0.4 is 5.32 Å². The fourth-order valence-corrected chi connectivity index (χ4v) is 1.94. The summed E-state index contributed by atoms with van der Waals surface area (Å²) in [7, 11) is 1.98. The van der Waals surface area contributed by atoms with Gasteiger partial charge in [-0.1, -0.05) is 17.7 Å². The van der Waals surface area contributed by atoms with Gasteiger partial charge in [0.05, 0.1) is 5.69 Å². The van der Waals surface area contributed by atoms with E-state index < -0.39 is 0 Å². The predicted molar refractivity (Wildman–Crippen MR) is 71.2 cm³/mol. The fourth-order valence-electron chi connectivity index (χ4n) is 1.94. The highest BCUT2D eigenvalue weighted by molar-refractivity contribution is 5.45. The Morgan fingerprint density at radius 2 is 1.76 bits per heavy atom. The monoisotopic (exact) mass is 229 g/mol. The number of hydrogen-bond acceptors (Lipinski definition) is 2. The molecule has 0 saturated carbocycles. The minimum Gasteiger partial charge on any atom is -0.381 e. The fraction of sp³-hybridized carbons (Fsp3) is 0.357. The smallest absolute Gasteiger partial charge is 0.0646 e. The number of anilines is 1. The number of aryl methyl sites for hydroxylation is 3. The second-order valence-electron chi connectivity index (χ2n) is 4.49. The van der Waals surface area contributed by atoms with E-state index in [1.54, 1.807) is 0 Å². The van der Waals surface area contributed by atoms with E-state index in [9.17, 15) is 0 Å². The molecule has 1 aromatic heterocycles. The van der Waals surface area contributed by atoms with E-state index in [1.165, 1.54) is 16.8 Å². The van der Waals surface area contributed by atoms with Crippen molar-refractivity contribution in [3.63, 3.8) is 0 Å². The Hall–Kier alpha value is -1.77. The number of benzene rings is 1. The highest BCUT2D eigenvalue weighted by Gasteiger charge is 2.08. The highest BCUT2D eigenvalue weighted by atomic mass is 15.3. The average molecular weight is 229 g/mol. The quantitative estimate of drug-likeness (QED) is 0.877. The van der Waals surface area contributed by atoms with Gasteiger partial charge in [0.2, 0.25) is 0 Å². The maximum Gasteiger partial charge on any atom is 0.0646 e. The lowest BCUT2D eigenvalue weighted by Gasteiger charge is -2.07. The molecule has 1 aromatic carbocycles. The van der Waals surface area contributed by atoms with Gasteiger partial charge in [0.25, 0.3) is 0 Å². The summed E-state index contributed by atoms with van der Waals surface area (Å²) in [6, 6.07) is 8.45. The summed E-state index contributed by atoms with van der Waals surface area (Å²) in [6.45, 7) is 7.08. The third-order valence-corrected chi connectivity index (χ3v) is 3.18. The molecule has 0 amide bonds. The Bertz CT molecular complexity index is 509. The molecule has 0 unspecified atom stereocenters. The van der Waals surface area contributed by atoms with Crippen molar-refractivity contribution >= 4 is 5.69 Å². The molecular formula is C14H19N3. The van der Waals surface area contributed by atoms with Crippen LogP contribution in [0.25, 0.3) is 0 Å². The average Bonchev–Trinajstić information content (AvgIpc) is 2.54. The van der Waals surface area contributed by atoms with Crippen molar-refractivity contribution in [1.29, 1.82) is 0 Å². The van der Waals surface area contributed by atoms with Gasteiger partial charge in [-0.3, -0.25) is 4.68 Å². The van der Waals surface area contributed by atoms with E-state index in [2.05, 4.69) is 55.5 Å². The summed E-state index contributed by atoms with van der Waals surface area (Å²) in [5, 5.41) is 7.84. The van der Waals surface area contributed by atoms with E-state index in [-0.39, 0.29) is 0 Å². The summed E-state index contributed by atoms with van der Waals surface area (Å²) in [5.74, 6) is 0. The zero-order valence-electron chi connectivity index (χ0n) is 10.9. The summed E-state index contributed by atoms with van der Waals surface area (Å²) < 4.78 is 1.93. The van der Waals surface area contributed by atoms with E-state index >= 15 is 0 Å². The molecule has 2 rings (SSSR count). The molecule has 3 nitrogen and oxygen atoms in total. The molecule has 3 heteroatoms. The molecule has 17 heavy (non-hydrogen) atoms. The molecular weight excluding hydrogens is 210 g/mol. The SMILES string of the molecule is Cc1ccc(NCc2c(C)nn(C)c2C)cc1. The van der Waals surface area contributed by atoms with Gasteiger partial charge in [0.15, 0.2) is 0 Å². The Balaban J connectivity index is 2.09. The predicted octanol–water partition coefficient (Wildman–Crippen LogP) is 2.96. The number of hydrogen-bond donors (Lipinski definition) is 1. The third-order valence-electron chi connectivity index (χ3n) is 3.18. The Morgan fingerprint density at radius 1 is 1.12 bits per heavy atom. The molecule has 0 aliphatic rings. The number of aromatic nitrogens is 2. The molecule has 0 atom stereocenters. The summed E-state index contributed by atoms with van der Waals surface area (Å²) in [4.78, 5) is 0. The van der Waals surface area contributed by atoms with E-state index in [0.29, 0.717) is 0 Å². The van der Waals surface area contributed by atoms with Gasteiger partial charge in [0.1, 0.15) is 0 Å². The molecule has 0 saturated heterocycles. The molecule has 0 radical (unpaired) electrons. The van der Waals surface area contributed by atoms with Crippen LogP contribution in [-0.4, -0.2) is 9.78 Å². The van der Waals surface area contributed by atoms with Crippen LogP contribution in [0, 0.1) is 20.8 Å². The van der Waals surface area contributed by atoms with Crippen LogP contribution in [0.1, 0.15) is 22.5 Å². The molecule has 90 valence electrons. The summed E-state index contributed by atoms with van der Waals surface area (Å²) in [6.07, 6.45) is 0. The maximum absolute atomic E-state index is 4.41. The van der Waals surface area contributed by atoms with Crippen molar-refractivity contribution in [2.24, 2.45) is 7.05 Å². The Labute approximate surface area is 102 Å². The second kappa shape index (κ2) is 4.62. The highest BCUT2D eigenvalue weighted by Crippen LogP contribution is 2.15. The molecule has 0 bridgehead atoms. The van der Waals surface area contributed by atoms with Gasteiger partial charge in [-0.25, -0.2) is 0 Å². The second-order valence-corrected chi connectivity index (χ2v) is 4.49. The maximum atomic E-state index is 4.41. The number of rotatable bonds is 3. The largest absolute Gasteiger partial charge is 0.381 e. The van der Waals surface area contributed by atoms with E-state index in [1.807, 2.05) is 11.7 Å². The zero-order chi connectivity index (χ0) is 12.4.